The molecule has 13 nitrogen and oxygen atoms in total. The molecule has 2 atom stereocenters. The van der Waals surface area contributed by atoms with Gasteiger partial charge in [0.1, 0.15) is 47.9 Å². The quantitative estimate of drug-likeness (QED) is 0.128. The number of oxime groups is 1. The highest BCUT2D eigenvalue weighted by Gasteiger charge is 2.54. The van der Waals surface area contributed by atoms with Gasteiger partial charge < -0.3 is 24.4 Å². The smallest absolute Gasteiger partial charge is 0.413 e. The van der Waals surface area contributed by atoms with E-state index in [1.165, 1.54) is 29.2 Å². The monoisotopic (exact) mass is 651 g/mol. The maximum absolute atomic E-state index is 13.3. The van der Waals surface area contributed by atoms with Gasteiger partial charge in [-0.3, -0.25) is 19.8 Å². The van der Waals surface area contributed by atoms with Crippen molar-refractivity contribution < 1.29 is 38.2 Å². The zero-order valence-electron chi connectivity index (χ0n) is 24.0. The van der Waals surface area contributed by atoms with Crippen molar-refractivity contribution in [1.29, 1.82) is 0 Å². The van der Waals surface area contributed by atoms with E-state index in [1.54, 1.807) is 52.1 Å². The van der Waals surface area contributed by atoms with Crippen LogP contribution in [0, 0.1) is 0 Å². The summed E-state index contributed by atoms with van der Waals surface area (Å²) in [7, 11) is 2.81. The molecule has 2 N–H and O–H groups in total. The molecule has 43 heavy (non-hydrogen) atoms. The summed E-state index contributed by atoms with van der Waals surface area (Å²) in [6.07, 6.45) is -0.708. The number of amides is 3. The van der Waals surface area contributed by atoms with Crippen LogP contribution in [0.25, 0.3) is 0 Å². The van der Waals surface area contributed by atoms with E-state index < -0.39 is 40.9 Å². The van der Waals surface area contributed by atoms with Gasteiger partial charge in [-0.15, -0.1) is 34.7 Å². The Morgan fingerprint density at radius 2 is 1.91 bits per heavy atom. The van der Waals surface area contributed by atoms with Crippen LogP contribution in [0.5, 0.6) is 5.75 Å². The summed E-state index contributed by atoms with van der Waals surface area (Å²) in [5, 5.41) is 10.0. The third-order valence-corrected chi connectivity index (χ3v) is 8.39. The van der Waals surface area contributed by atoms with E-state index in [1.807, 2.05) is 0 Å². The molecule has 4 rings (SSSR count). The molecule has 16 heteroatoms. The van der Waals surface area contributed by atoms with Crippen LogP contribution in [0.2, 0.25) is 0 Å². The van der Waals surface area contributed by atoms with E-state index in [9.17, 15) is 19.2 Å². The molecule has 2 aliphatic rings. The van der Waals surface area contributed by atoms with Gasteiger partial charge >= 0.3 is 12.1 Å². The number of fused-ring (bicyclic) bond motifs is 1. The Bertz CT molecular complexity index is 1450. The third-order valence-electron chi connectivity index (χ3n) is 5.97. The number of carbonyl (C=O) groups excluding carboxylic acids is 4. The van der Waals surface area contributed by atoms with Gasteiger partial charge in [0.15, 0.2) is 10.8 Å². The minimum atomic E-state index is -0.959. The number of aromatic nitrogens is 1. The van der Waals surface area contributed by atoms with Gasteiger partial charge in [0.25, 0.3) is 11.8 Å². The number of hydrogen-bond acceptors (Lipinski definition) is 12. The van der Waals surface area contributed by atoms with Crippen molar-refractivity contribution in [1.82, 2.24) is 15.2 Å². The Kier molecular flexibility index (Phi) is 10.2. The van der Waals surface area contributed by atoms with Crippen molar-refractivity contribution in [3.8, 4) is 5.75 Å². The zero-order valence-corrected chi connectivity index (χ0v) is 26.4. The number of hydrogen-bond donors (Lipinski definition) is 2. The summed E-state index contributed by atoms with van der Waals surface area (Å²) in [5.74, 6) is -0.870. The Balaban J connectivity index is 1.42. The first-order valence-corrected chi connectivity index (χ1v) is 15.3. The first-order valence-electron chi connectivity index (χ1n) is 12.9. The maximum atomic E-state index is 13.3. The lowest BCUT2D eigenvalue weighted by atomic mass is 10.0. The van der Waals surface area contributed by atoms with E-state index in [-0.39, 0.29) is 34.7 Å². The summed E-state index contributed by atoms with van der Waals surface area (Å²) in [6, 6.07) is 6.06. The normalized spacial score (nSPS) is 18.3. The highest BCUT2D eigenvalue weighted by Crippen LogP contribution is 2.41. The summed E-state index contributed by atoms with van der Waals surface area (Å²) in [4.78, 5) is 62.1. The predicted octanol–water partition coefficient (Wildman–Crippen LogP) is 3.49. The van der Waals surface area contributed by atoms with Crippen molar-refractivity contribution in [2.24, 2.45) is 5.16 Å². The average Bonchev–Trinajstić information content (AvgIpc) is 3.43. The van der Waals surface area contributed by atoms with Crippen molar-refractivity contribution in [3.05, 3.63) is 52.2 Å². The Hall–Kier alpha value is -3.82. The first-order chi connectivity index (χ1) is 20.4. The number of halogens is 1. The van der Waals surface area contributed by atoms with Gasteiger partial charge in [-0.25, -0.2) is 14.6 Å². The molecule has 1 aromatic carbocycles. The number of esters is 1. The van der Waals surface area contributed by atoms with Gasteiger partial charge in [-0.1, -0.05) is 17.3 Å². The molecule has 2 aromatic rings. The number of rotatable bonds is 10. The van der Waals surface area contributed by atoms with E-state index in [0.717, 1.165) is 16.9 Å². The van der Waals surface area contributed by atoms with Crippen molar-refractivity contribution in [2.45, 2.75) is 44.4 Å². The minimum Gasteiger partial charge on any atom is -0.497 e. The van der Waals surface area contributed by atoms with Crippen LogP contribution in [0.3, 0.4) is 0 Å². The number of methoxy groups -OCH3 is 1. The topological polar surface area (TPSA) is 158 Å². The van der Waals surface area contributed by atoms with E-state index >= 15 is 0 Å². The van der Waals surface area contributed by atoms with Crippen LogP contribution in [0.1, 0.15) is 32.0 Å². The average molecular weight is 652 g/mol. The number of thioether (sulfide) groups is 1. The molecule has 0 saturated carbocycles. The van der Waals surface area contributed by atoms with Crippen molar-refractivity contribution >= 4 is 69.4 Å². The van der Waals surface area contributed by atoms with Gasteiger partial charge in [-0.2, -0.15) is 0 Å². The molecular formula is C27H30ClN5O8S2. The number of ether oxygens (including phenoxy) is 3. The lowest BCUT2D eigenvalue weighted by molar-refractivity contribution is -0.153. The molecule has 230 valence electrons. The number of anilines is 1. The molecule has 3 heterocycles. The lowest BCUT2D eigenvalue weighted by Gasteiger charge is -2.49. The van der Waals surface area contributed by atoms with Gasteiger partial charge in [-0.05, 0) is 44.0 Å². The second-order valence-corrected chi connectivity index (χ2v) is 12.4. The van der Waals surface area contributed by atoms with Crippen LogP contribution >= 0.6 is 34.7 Å². The second-order valence-electron chi connectivity index (χ2n) is 10.2. The molecule has 0 spiro atoms. The number of alkyl halides is 1. The van der Waals surface area contributed by atoms with Crippen LogP contribution in [0.4, 0.5) is 9.93 Å². The summed E-state index contributed by atoms with van der Waals surface area (Å²) >= 11 is 8.52. The van der Waals surface area contributed by atoms with Crippen LogP contribution in [-0.2, 0) is 35.3 Å². The number of nitrogens with one attached hydrogen (secondary N) is 2. The SMILES string of the molecule is CON=C(C(=O)N[C@@H]1C(=O)N2C(C(=O)OCc3ccc(OC)cc3)=C(CCl)CS[C@@H]12)c1csc(NC(=O)OC(C)(C)C)n1. The van der Waals surface area contributed by atoms with Gasteiger partial charge in [0.05, 0.1) is 7.11 Å². The molecule has 3 amide bonds. The predicted molar refractivity (Wildman–Crippen MR) is 161 cm³/mol. The number of nitrogens with zero attached hydrogens (tertiary/aromatic N) is 3. The minimum absolute atomic E-state index is 0.0167. The fourth-order valence-corrected chi connectivity index (χ4v) is 6.41. The van der Waals surface area contributed by atoms with E-state index in [0.29, 0.717) is 17.1 Å². The fourth-order valence-electron chi connectivity index (χ4n) is 4.05. The molecular weight excluding hydrogens is 622 g/mol. The van der Waals surface area contributed by atoms with Crippen LogP contribution in [0.15, 0.2) is 46.1 Å². The maximum Gasteiger partial charge on any atom is 0.413 e. The summed E-state index contributed by atoms with van der Waals surface area (Å²) in [5.41, 5.74) is 0.558. The Morgan fingerprint density at radius 1 is 1.19 bits per heavy atom. The van der Waals surface area contributed by atoms with E-state index in [4.69, 9.17) is 30.6 Å². The molecule has 1 saturated heterocycles. The van der Waals surface area contributed by atoms with Crippen molar-refractivity contribution in [3.63, 3.8) is 0 Å². The zero-order chi connectivity index (χ0) is 31.3. The number of β-lactam (4-membered cyclic amide) rings is 1. The van der Waals surface area contributed by atoms with Crippen LogP contribution in [-0.4, -0.2) is 82.3 Å². The fraction of sp³-hybridized carbons (Fsp3) is 0.407. The molecule has 1 fully saturated rings. The molecule has 0 bridgehead atoms. The van der Waals surface area contributed by atoms with Crippen molar-refractivity contribution in [2.75, 3.05) is 31.2 Å². The number of benzene rings is 1. The molecule has 0 aliphatic carbocycles. The Morgan fingerprint density at radius 3 is 2.53 bits per heavy atom. The number of thiazole rings is 1. The highest BCUT2D eigenvalue weighted by atomic mass is 35.5. The molecule has 2 aliphatic heterocycles. The van der Waals surface area contributed by atoms with Gasteiger partial charge in [0, 0.05) is 17.0 Å². The Labute approximate surface area is 260 Å². The third kappa shape index (κ3) is 7.58. The van der Waals surface area contributed by atoms with Gasteiger partial charge in [0.2, 0.25) is 0 Å². The molecule has 1 aromatic heterocycles. The lowest BCUT2D eigenvalue weighted by Crippen LogP contribution is -2.71. The first kappa shape index (κ1) is 32.1. The standard InChI is InChI=1S/C27H30ClN5O8S2/c1-27(2,3)41-26(37)31-25-29-17(13-43-25)18(32-39-5)21(34)30-19-22(35)33-20(15(10-28)12-42-23(19)33)24(36)40-11-14-6-8-16(38-4)9-7-14/h6-9,13,19,23H,10-12H2,1-5H3,(H,30,34)(H,29,31,37)/t19-,23+/m1/s1. The summed E-state index contributed by atoms with van der Waals surface area (Å²) in [6.45, 7) is 5.16. The largest absolute Gasteiger partial charge is 0.497 e. The molecule has 0 radical (unpaired) electrons. The number of carbonyl (C=O) groups is 4. The van der Waals surface area contributed by atoms with Crippen LogP contribution < -0.4 is 15.4 Å². The highest BCUT2D eigenvalue weighted by molar-refractivity contribution is 8.00. The van der Waals surface area contributed by atoms with E-state index in [2.05, 4.69) is 20.8 Å². The second kappa shape index (κ2) is 13.7. The molecule has 0 unspecified atom stereocenters. The summed E-state index contributed by atoms with van der Waals surface area (Å²) < 4.78 is 15.9.